The van der Waals surface area contributed by atoms with Crippen LogP contribution in [0.5, 0.6) is 17.2 Å². The molecule has 0 spiro atoms. The molecule has 0 bridgehead atoms. The van der Waals surface area contributed by atoms with Crippen LogP contribution in [0.2, 0.25) is 0 Å². The van der Waals surface area contributed by atoms with Gasteiger partial charge in [0.05, 0.1) is 20.3 Å². The highest BCUT2D eigenvalue weighted by Gasteiger charge is 2.16. The Kier molecular flexibility index (Phi) is 6.61. The van der Waals surface area contributed by atoms with E-state index in [0.717, 1.165) is 22.6 Å². The number of nitrogens with one attached hydrogen (secondary N) is 1. The van der Waals surface area contributed by atoms with Crippen LogP contribution >= 0.6 is 0 Å². The Morgan fingerprint density at radius 3 is 2.18 bits per heavy atom. The van der Waals surface area contributed by atoms with Gasteiger partial charge in [-0.2, -0.15) is 0 Å². The van der Waals surface area contributed by atoms with Crippen LogP contribution in [0.4, 0.5) is 0 Å². The summed E-state index contributed by atoms with van der Waals surface area (Å²) in [6, 6.07) is 18.0. The molecule has 0 amide bonds. The van der Waals surface area contributed by atoms with Crippen molar-refractivity contribution >= 4 is 0 Å². The first-order valence-corrected chi connectivity index (χ1v) is 9.32. The number of rotatable bonds is 9. The molecule has 2 aromatic carbocycles. The molecular formula is C23H27NO4. The second kappa shape index (κ2) is 9.33. The van der Waals surface area contributed by atoms with E-state index in [0.29, 0.717) is 30.4 Å². The molecule has 1 unspecified atom stereocenters. The average Bonchev–Trinajstić information content (AvgIpc) is 3.17. The van der Waals surface area contributed by atoms with Gasteiger partial charge in [-0.3, -0.25) is 0 Å². The predicted molar refractivity (Wildman–Crippen MR) is 109 cm³/mol. The minimum atomic E-state index is 0.0969. The van der Waals surface area contributed by atoms with Crippen molar-refractivity contribution in [1.29, 1.82) is 0 Å². The van der Waals surface area contributed by atoms with Crippen LogP contribution in [0, 0.1) is 6.92 Å². The third-order valence-corrected chi connectivity index (χ3v) is 4.55. The number of furan rings is 1. The monoisotopic (exact) mass is 381 g/mol. The van der Waals surface area contributed by atoms with Gasteiger partial charge in [0, 0.05) is 6.54 Å². The fraction of sp³-hybridized carbons (Fsp3) is 0.304. The van der Waals surface area contributed by atoms with Crippen molar-refractivity contribution in [2.45, 2.75) is 33.0 Å². The maximum Gasteiger partial charge on any atom is 0.203 e. The number of aryl methyl sites for hydroxylation is 1. The normalized spacial score (nSPS) is 11.9. The molecule has 3 aromatic rings. The van der Waals surface area contributed by atoms with E-state index in [2.05, 4.69) is 12.2 Å². The topological polar surface area (TPSA) is 52.9 Å². The van der Waals surface area contributed by atoms with Gasteiger partial charge in [-0.05, 0) is 49.2 Å². The largest absolute Gasteiger partial charge is 0.493 e. The standard InChI is InChI=1S/C23H27NO4/c1-16-10-11-20(28-16)17(2)24-14-19-12-21(25-3)23(22(13-19)26-4)27-15-18-8-6-5-7-9-18/h5-13,17,24H,14-15H2,1-4H3. The third kappa shape index (κ3) is 4.87. The summed E-state index contributed by atoms with van der Waals surface area (Å²) in [6.07, 6.45) is 0. The zero-order valence-corrected chi connectivity index (χ0v) is 16.8. The fourth-order valence-electron chi connectivity index (χ4n) is 2.97. The molecule has 1 heterocycles. The molecule has 0 radical (unpaired) electrons. The predicted octanol–water partition coefficient (Wildman–Crippen LogP) is 5.04. The van der Waals surface area contributed by atoms with Gasteiger partial charge in [-0.15, -0.1) is 0 Å². The first kappa shape index (κ1) is 19.8. The maximum atomic E-state index is 6.00. The molecule has 0 fully saturated rings. The minimum absolute atomic E-state index is 0.0969. The summed E-state index contributed by atoms with van der Waals surface area (Å²) in [7, 11) is 3.27. The number of methoxy groups -OCH3 is 2. The van der Waals surface area contributed by atoms with Crippen LogP contribution in [0.15, 0.2) is 59.0 Å². The molecule has 0 aliphatic carbocycles. The van der Waals surface area contributed by atoms with E-state index in [9.17, 15) is 0 Å². The second-order valence-corrected chi connectivity index (χ2v) is 6.65. The Hall–Kier alpha value is -2.92. The Bertz CT molecular complexity index is 864. The van der Waals surface area contributed by atoms with E-state index < -0.39 is 0 Å². The molecule has 0 saturated heterocycles. The molecular weight excluding hydrogens is 354 g/mol. The molecule has 3 rings (SSSR count). The van der Waals surface area contributed by atoms with Crippen molar-refractivity contribution < 1.29 is 18.6 Å². The van der Waals surface area contributed by atoms with Gasteiger partial charge < -0.3 is 23.9 Å². The smallest absolute Gasteiger partial charge is 0.203 e. The van der Waals surface area contributed by atoms with E-state index >= 15 is 0 Å². The van der Waals surface area contributed by atoms with E-state index in [1.807, 2.05) is 61.5 Å². The van der Waals surface area contributed by atoms with Crippen molar-refractivity contribution in [2.24, 2.45) is 0 Å². The molecule has 148 valence electrons. The summed E-state index contributed by atoms with van der Waals surface area (Å²) in [5.74, 6) is 3.72. The molecule has 1 N–H and O–H groups in total. The molecule has 5 heteroatoms. The van der Waals surface area contributed by atoms with Gasteiger partial charge in [-0.1, -0.05) is 30.3 Å². The van der Waals surface area contributed by atoms with Gasteiger partial charge in [0.1, 0.15) is 18.1 Å². The Balaban J connectivity index is 1.72. The molecule has 28 heavy (non-hydrogen) atoms. The first-order valence-electron chi connectivity index (χ1n) is 9.32. The second-order valence-electron chi connectivity index (χ2n) is 6.65. The van der Waals surface area contributed by atoms with Crippen molar-refractivity contribution in [1.82, 2.24) is 5.32 Å². The summed E-state index contributed by atoms with van der Waals surface area (Å²) in [5.41, 5.74) is 2.12. The minimum Gasteiger partial charge on any atom is -0.493 e. The summed E-state index contributed by atoms with van der Waals surface area (Å²) < 4.78 is 22.8. The Morgan fingerprint density at radius 1 is 0.929 bits per heavy atom. The molecule has 5 nitrogen and oxygen atoms in total. The third-order valence-electron chi connectivity index (χ3n) is 4.55. The SMILES string of the molecule is COc1cc(CNC(C)c2ccc(C)o2)cc(OC)c1OCc1ccccc1. The lowest BCUT2D eigenvalue weighted by Crippen LogP contribution is -2.17. The van der Waals surface area contributed by atoms with E-state index in [4.69, 9.17) is 18.6 Å². The van der Waals surface area contributed by atoms with Crippen LogP contribution in [-0.4, -0.2) is 14.2 Å². The summed E-state index contributed by atoms with van der Waals surface area (Å²) in [6.45, 7) is 5.11. The molecule has 0 aliphatic rings. The summed E-state index contributed by atoms with van der Waals surface area (Å²) in [5, 5.41) is 3.46. The quantitative estimate of drug-likeness (QED) is 0.563. The highest BCUT2D eigenvalue weighted by Crippen LogP contribution is 2.39. The van der Waals surface area contributed by atoms with Gasteiger partial charge in [0.25, 0.3) is 0 Å². The van der Waals surface area contributed by atoms with Crippen molar-refractivity contribution in [3.8, 4) is 17.2 Å². The highest BCUT2D eigenvalue weighted by atomic mass is 16.5. The van der Waals surface area contributed by atoms with E-state index in [1.54, 1.807) is 14.2 Å². The number of ether oxygens (including phenoxy) is 3. The van der Waals surface area contributed by atoms with Crippen molar-refractivity contribution in [3.63, 3.8) is 0 Å². The lowest BCUT2D eigenvalue weighted by atomic mass is 10.1. The van der Waals surface area contributed by atoms with Gasteiger partial charge in [-0.25, -0.2) is 0 Å². The highest BCUT2D eigenvalue weighted by molar-refractivity contribution is 5.54. The summed E-state index contributed by atoms with van der Waals surface area (Å²) in [4.78, 5) is 0. The van der Waals surface area contributed by atoms with Gasteiger partial charge in [0.2, 0.25) is 5.75 Å². The lowest BCUT2D eigenvalue weighted by molar-refractivity contribution is 0.265. The van der Waals surface area contributed by atoms with Gasteiger partial charge in [0.15, 0.2) is 11.5 Å². The summed E-state index contributed by atoms with van der Waals surface area (Å²) >= 11 is 0. The van der Waals surface area contributed by atoms with E-state index in [-0.39, 0.29) is 6.04 Å². The molecule has 0 aliphatic heterocycles. The zero-order chi connectivity index (χ0) is 19.9. The van der Waals surface area contributed by atoms with Crippen LogP contribution in [0.25, 0.3) is 0 Å². The number of benzene rings is 2. The lowest BCUT2D eigenvalue weighted by Gasteiger charge is -2.17. The van der Waals surface area contributed by atoms with Crippen LogP contribution < -0.4 is 19.5 Å². The average molecular weight is 381 g/mol. The van der Waals surface area contributed by atoms with E-state index in [1.165, 1.54) is 0 Å². The molecule has 1 aromatic heterocycles. The van der Waals surface area contributed by atoms with Crippen LogP contribution in [-0.2, 0) is 13.2 Å². The van der Waals surface area contributed by atoms with Crippen LogP contribution in [0.1, 0.15) is 35.6 Å². The van der Waals surface area contributed by atoms with Crippen molar-refractivity contribution in [3.05, 3.63) is 77.2 Å². The fourth-order valence-corrected chi connectivity index (χ4v) is 2.97. The van der Waals surface area contributed by atoms with Crippen LogP contribution in [0.3, 0.4) is 0 Å². The van der Waals surface area contributed by atoms with Gasteiger partial charge >= 0.3 is 0 Å². The Morgan fingerprint density at radius 2 is 1.61 bits per heavy atom. The number of hydrogen-bond acceptors (Lipinski definition) is 5. The Labute approximate surface area is 166 Å². The zero-order valence-electron chi connectivity index (χ0n) is 16.8. The number of hydrogen-bond donors (Lipinski definition) is 1. The maximum absolute atomic E-state index is 6.00. The van der Waals surface area contributed by atoms with Crippen molar-refractivity contribution in [2.75, 3.05) is 14.2 Å². The molecule has 0 saturated carbocycles. The molecule has 1 atom stereocenters. The first-order chi connectivity index (χ1) is 13.6.